The fourth-order valence-corrected chi connectivity index (χ4v) is 5.78. The molecule has 2 heterocycles. The molecule has 0 aliphatic carbocycles. The first-order chi connectivity index (χ1) is 20.2. The maximum atomic E-state index is 13.3. The van der Waals surface area contributed by atoms with Crippen LogP contribution >= 0.6 is 0 Å². The summed E-state index contributed by atoms with van der Waals surface area (Å²) in [4.78, 5) is 32.7. The first kappa shape index (κ1) is 26.8. The predicted octanol–water partition coefficient (Wildman–Crippen LogP) is 5.09. The molecule has 0 bridgehead atoms. The third-order valence-electron chi connectivity index (χ3n) is 7.01. The average Bonchev–Trinajstić information content (AvgIpc) is 3.53. The molecular formula is C31H26N6O4S. The lowest BCUT2D eigenvalue weighted by atomic mass is 10.1. The quantitative estimate of drug-likeness (QED) is 0.273. The normalized spacial score (nSPS) is 11.5. The van der Waals surface area contributed by atoms with Gasteiger partial charge in [-0.25, -0.2) is 23.1 Å². The number of para-hydroxylation sites is 3. The summed E-state index contributed by atoms with van der Waals surface area (Å²) in [5.74, 6) is 0.346. The molecule has 210 valence electrons. The molecule has 6 aromatic rings. The number of amides is 1. The highest BCUT2D eigenvalue weighted by Crippen LogP contribution is 2.29. The van der Waals surface area contributed by atoms with Gasteiger partial charge in [0.1, 0.15) is 10.0 Å². The summed E-state index contributed by atoms with van der Waals surface area (Å²) >= 11 is 0. The molecular weight excluding hydrogens is 552 g/mol. The van der Waals surface area contributed by atoms with Crippen molar-refractivity contribution in [3.63, 3.8) is 0 Å². The number of anilines is 1. The van der Waals surface area contributed by atoms with Crippen LogP contribution in [0.5, 0.6) is 0 Å². The Balaban J connectivity index is 1.21. The molecule has 2 aromatic heterocycles. The second-order valence-corrected chi connectivity index (χ2v) is 11.3. The van der Waals surface area contributed by atoms with Gasteiger partial charge in [-0.1, -0.05) is 36.4 Å². The van der Waals surface area contributed by atoms with Crippen molar-refractivity contribution in [1.29, 1.82) is 0 Å². The number of rotatable bonds is 7. The van der Waals surface area contributed by atoms with Crippen LogP contribution in [-0.4, -0.2) is 28.7 Å². The predicted molar refractivity (Wildman–Crippen MR) is 161 cm³/mol. The maximum Gasteiger partial charge on any atom is 0.285 e. The number of nitrogens with one attached hydrogen (secondary N) is 3. The first-order valence-corrected chi connectivity index (χ1v) is 14.5. The molecule has 42 heavy (non-hydrogen) atoms. The Labute approximate surface area is 241 Å². The van der Waals surface area contributed by atoms with Gasteiger partial charge in [-0.3, -0.25) is 14.3 Å². The Hall–Kier alpha value is -5.42. The SMILES string of the molecule is Cc1c([N-]S(=O)(=O)c2cccc(C(=O)Nc3ccc(-c4[nH]c5ccccc5[nH+]4)cc3)c2)c(=O)n(-c2ccccc2)n1C. The fraction of sp³-hybridized carbons (Fsp3) is 0.0645. The Morgan fingerprint density at radius 3 is 2.36 bits per heavy atom. The van der Waals surface area contributed by atoms with E-state index in [4.69, 9.17) is 0 Å². The molecule has 0 fully saturated rings. The highest BCUT2D eigenvalue weighted by molar-refractivity contribution is 7.94. The zero-order valence-corrected chi connectivity index (χ0v) is 23.5. The molecule has 0 aliphatic rings. The lowest BCUT2D eigenvalue weighted by Gasteiger charge is -2.20. The molecule has 0 atom stereocenters. The van der Waals surface area contributed by atoms with E-state index in [1.54, 1.807) is 55.1 Å². The molecule has 6 rings (SSSR count). The zero-order chi connectivity index (χ0) is 29.4. The summed E-state index contributed by atoms with van der Waals surface area (Å²) in [7, 11) is -2.65. The molecule has 10 nitrogen and oxygen atoms in total. The van der Waals surface area contributed by atoms with Crippen molar-refractivity contribution in [2.75, 3.05) is 5.32 Å². The Kier molecular flexibility index (Phi) is 6.71. The molecule has 0 radical (unpaired) electrons. The number of imidazole rings is 1. The lowest BCUT2D eigenvalue weighted by Crippen LogP contribution is -2.19. The van der Waals surface area contributed by atoms with Crippen molar-refractivity contribution in [2.24, 2.45) is 7.05 Å². The highest BCUT2D eigenvalue weighted by Gasteiger charge is 2.16. The van der Waals surface area contributed by atoms with Crippen LogP contribution in [-0.2, 0) is 17.1 Å². The Morgan fingerprint density at radius 2 is 1.62 bits per heavy atom. The zero-order valence-electron chi connectivity index (χ0n) is 22.7. The molecule has 0 saturated heterocycles. The van der Waals surface area contributed by atoms with Gasteiger partial charge in [0.2, 0.25) is 0 Å². The summed E-state index contributed by atoms with van der Waals surface area (Å²) in [6, 6.07) is 29.6. The minimum absolute atomic E-state index is 0.130. The Morgan fingerprint density at radius 1 is 0.905 bits per heavy atom. The van der Waals surface area contributed by atoms with Crippen LogP contribution in [0.1, 0.15) is 16.1 Å². The molecule has 1 amide bonds. The number of sulfonamides is 1. The van der Waals surface area contributed by atoms with Crippen molar-refractivity contribution in [2.45, 2.75) is 11.8 Å². The smallest absolute Gasteiger partial charge is 0.285 e. The van der Waals surface area contributed by atoms with Crippen molar-refractivity contribution < 1.29 is 18.2 Å². The number of benzene rings is 4. The van der Waals surface area contributed by atoms with Gasteiger partial charge < -0.3 is 10.0 Å². The third kappa shape index (κ3) is 4.97. The van der Waals surface area contributed by atoms with Crippen LogP contribution < -0.4 is 15.9 Å². The molecule has 3 N–H and O–H groups in total. The van der Waals surface area contributed by atoms with Gasteiger partial charge in [0.15, 0.2) is 11.0 Å². The number of aromatic nitrogens is 4. The first-order valence-electron chi connectivity index (χ1n) is 13.1. The second kappa shape index (κ2) is 10.5. The standard InChI is InChI=1S/C31H25N6O4S/c1-20-28(31(39)37(36(20)2)24-10-4-3-5-11-24)35-42(40,41)25-12-8-9-22(19-25)30(38)32-23-17-15-21(16-18-23)29-33-26-13-6-7-14-27(26)34-29/h3-19H,1-2H3,(H2,32,33,34,38)/q-1/p+1. The van der Waals surface area contributed by atoms with Gasteiger partial charge in [0, 0.05) is 24.0 Å². The van der Waals surface area contributed by atoms with Gasteiger partial charge in [-0.2, -0.15) is 0 Å². The van der Waals surface area contributed by atoms with E-state index in [0.29, 0.717) is 17.1 Å². The maximum absolute atomic E-state index is 13.3. The third-order valence-corrected chi connectivity index (χ3v) is 8.28. The summed E-state index contributed by atoms with van der Waals surface area (Å²) in [6.45, 7) is 1.63. The van der Waals surface area contributed by atoms with E-state index in [-0.39, 0.29) is 16.1 Å². The van der Waals surface area contributed by atoms with Crippen molar-refractivity contribution >= 4 is 38.3 Å². The Bertz CT molecular complexity index is 2080. The molecule has 11 heteroatoms. The van der Waals surface area contributed by atoms with E-state index in [1.165, 1.54) is 28.9 Å². The van der Waals surface area contributed by atoms with Crippen LogP contribution in [0.15, 0.2) is 113 Å². The van der Waals surface area contributed by atoms with Gasteiger partial charge in [0.05, 0.1) is 16.1 Å². The number of carbonyl (C=O) groups excluding carboxylic acids is 1. The van der Waals surface area contributed by atoms with E-state index < -0.39 is 21.5 Å². The highest BCUT2D eigenvalue weighted by atomic mass is 32.2. The second-order valence-electron chi connectivity index (χ2n) is 9.71. The van der Waals surface area contributed by atoms with Gasteiger partial charge in [-0.15, -0.1) is 0 Å². The van der Waals surface area contributed by atoms with Crippen molar-refractivity contribution in [3.05, 3.63) is 129 Å². The fourth-order valence-electron chi connectivity index (χ4n) is 4.70. The number of hydrogen-bond donors (Lipinski definition) is 2. The molecule has 0 unspecified atom stereocenters. The molecule has 0 saturated carbocycles. The van der Waals surface area contributed by atoms with Crippen LogP contribution in [0.3, 0.4) is 0 Å². The monoisotopic (exact) mass is 578 g/mol. The topological polar surface area (TPSA) is 134 Å². The molecule has 0 spiro atoms. The summed E-state index contributed by atoms with van der Waals surface area (Å²) in [5.41, 5.74) is 3.75. The van der Waals surface area contributed by atoms with Gasteiger partial charge >= 0.3 is 0 Å². The van der Waals surface area contributed by atoms with Crippen LogP contribution in [0.2, 0.25) is 0 Å². The van der Waals surface area contributed by atoms with E-state index >= 15 is 0 Å². The summed E-state index contributed by atoms with van der Waals surface area (Å²) in [6.07, 6.45) is 0. The van der Waals surface area contributed by atoms with Crippen LogP contribution in [0.25, 0.3) is 32.8 Å². The largest absolute Gasteiger partial charge is 0.567 e. The van der Waals surface area contributed by atoms with Crippen LogP contribution in [0, 0.1) is 6.92 Å². The van der Waals surface area contributed by atoms with E-state index in [2.05, 4.69) is 20.0 Å². The number of H-pyrrole nitrogens is 2. The van der Waals surface area contributed by atoms with Crippen LogP contribution in [0.4, 0.5) is 11.4 Å². The number of nitrogens with zero attached hydrogens (tertiary/aromatic N) is 3. The lowest BCUT2D eigenvalue weighted by molar-refractivity contribution is -0.330. The van der Waals surface area contributed by atoms with Crippen molar-refractivity contribution in [1.82, 2.24) is 14.3 Å². The van der Waals surface area contributed by atoms with E-state index in [1.807, 2.05) is 42.5 Å². The molecule has 0 aliphatic heterocycles. The van der Waals surface area contributed by atoms with E-state index in [0.717, 1.165) is 22.4 Å². The number of hydrogen-bond acceptors (Lipinski definition) is 4. The number of carbonyl (C=O) groups is 1. The summed E-state index contributed by atoms with van der Waals surface area (Å²) in [5, 5.41) is 2.80. The van der Waals surface area contributed by atoms with Gasteiger partial charge in [-0.05, 0) is 79.3 Å². The minimum atomic E-state index is -4.31. The van der Waals surface area contributed by atoms with Gasteiger partial charge in [0.25, 0.3) is 17.3 Å². The summed E-state index contributed by atoms with van der Waals surface area (Å²) < 4.78 is 33.3. The van der Waals surface area contributed by atoms with Crippen molar-refractivity contribution in [3.8, 4) is 17.1 Å². The molecule has 4 aromatic carbocycles. The minimum Gasteiger partial charge on any atom is -0.567 e. The average molecular weight is 579 g/mol. The van der Waals surface area contributed by atoms with E-state index in [9.17, 15) is 18.0 Å². The number of aromatic amines is 2. The number of fused-ring (bicyclic) bond motifs is 1.